The molecule has 0 bridgehead atoms. The van der Waals surface area contributed by atoms with Gasteiger partial charge >= 0.3 is 0 Å². The minimum atomic E-state index is -0.249. The number of carbonyl (C=O) groups is 1. The van der Waals surface area contributed by atoms with Crippen molar-refractivity contribution in [3.8, 4) is 0 Å². The van der Waals surface area contributed by atoms with Crippen LogP contribution in [-0.2, 0) is 0 Å². The molecule has 100 valence electrons. The van der Waals surface area contributed by atoms with Crippen LogP contribution in [0, 0.1) is 0 Å². The normalized spacial score (nSPS) is 22.4. The predicted octanol–water partition coefficient (Wildman–Crippen LogP) is 2.52. The summed E-state index contributed by atoms with van der Waals surface area (Å²) in [5.74, 6) is 0.505. The maximum Gasteiger partial charge on any atom is 0.296 e. The lowest BCUT2D eigenvalue weighted by atomic mass is 10.1. The van der Waals surface area contributed by atoms with Crippen LogP contribution in [0.4, 0.5) is 5.95 Å². The van der Waals surface area contributed by atoms with Gasteiger partial charge in [-0.25, -0.2) is 4.68 Å². The van der Waals surface area contributed by atoms with Gasteiger partial charge in [-0.1, -0.05) is 0 Å². The van der Waals surface area contributed by atoms with Gasteiger partial charge in [-0.2, -0.15) is 10.1 Å². The summed E-state index contributed by atoms with van der Waals surface area (Å²) in [5.41, 5.74) is 0. The number of amides is 1. The summed E-state index contributed by atoms with van der Waals surface area (Å²) in [4.78, 5) is 18.3. The van der Waals surface area contributed by atoms with Crippen molar-refractivity contribution in [1.82, 2.24) is 14.8 Å². The predicted molar refractivity (Wildman–Crippen MR) is 69.3 cm³/mol. The highest BCUT2D eigenvalue weighted by molar-refractivity contribution is 6.29. The van der Waals surface area contributed by atoms with Crippen LogP contribution in [0.2, 0.25) is 5.22 Å². The first kappa shape index (κ1) is 12.2. The summed E-state index contributed by atoms with van der Waals surface area (Å²) in [6, 6.07) is 3.37. The minimum absolute atomic E-state index is 0.0306. The third-order valence-electron chi connectivity index (χ3n) is 3.31. The third-order valence-corrected chi connectivity index (χ3v) is 3.52. The molecule has 1 aliphatic rings. The van der Waals surface area contributed by atoms with Crippen molar-refractivity contribution in [2.45, 2.75) is 32.4 Å². The van der Waals surface area contributed by atoms with E-state index in [0.717, 1.165) is 6.42 Å². The van der Waals surface area contributed by atoms with Crippen molar-refractivity contribution in [2.24, 2.45) is 0 Å². The van der Waals surface area contributed by atoms with E-state index in [9.17, 15) is 4.79 Å². The summed E-state index contributed by atoms with van der Waals surface area (Å²) in [5, 5.41) is 4.36. The van der Waals surface area contributed by atoms with Gasteiger partial charge in [0.1, 0.15) is 6.33 Å². The Morgan fingerprint density at radius 3 is 2.89 bits per heavy atom. The number of fused-ring (bicyclic) bond motifs is 1. The van der Waals surface area contributed by atoms with Crippen molar-refractivity contribution in [3.05, 3.63) is 29.4 Å². The van der Waals surface area contributed by atoms with Gasteiger partial charge in [0.2, 0.25) is 5.95 Å². The average Bonchev–Trinajstić information content (AvgIpc) is 2.97. The van der Waals surface area contributed by atoms with Crippen LogP contribution in [0.25, 0.3) is 0 Å². The van der Waals surface area contributed by atoms with Crippen LogP contribution in [0.5, 0.6) is 0 Å². The number of carbonyl (C=O) groups excluding carboxylic acids is 1. The Hall–Kier alpha value is -1.82. The lowest BCUT2D eigenvalue weighted by Gasteiger charge is -2.34. The smallest absolute Gasteiger partial charge is 0.296 e. The molecule has 6 nitrogen and oxygen atoms in total. The lowest BCUT2D eigenvalue weighted by Crippen LogP contribution is -2.45. The highest BCUT2D eigenvalue weighted by Gasteiger charge is 2.35. The minimum Gasteiger partial charge on any atom is -0.440 e. The van der Waals surface area contributed by atoms with Gasteiger partial charge in [-0.05, 0) is 44.0 Å². The molecule has 19 heavy (non-hydrogen) atoms. The van der Waals surface area contributed by atoms with Crippen LogP contribution < -0.4 is 4.90 Å². The highest BCUT2D eigenvalue weighted by Crippen LogP contribution is 2.31. The fourth-order valence-electron chi connectivity index (χ4n) is 2.46. The first-order valence-corrected chi connectivity index (χ1v) is 6.44. The van der Waals surface area contributed by atoms with E-state index >= 15 is 0 Å². The molecule has 0 saturated carbocycles. The van der Waals surface area contributed by atoms with E-state index in [0.29, 0.717) is 5.95 Å². The Balaban J connectivity index is 2.01. The number of aromatic nitrogens is 3. The number of rotatable bonds is 1. The van der Waals surface area contributed by atoms with Gasteiger partial charge in [0.05, 0.1) is 6.04 Å². The molecule has 0 unspecified atom stereocenters. The molecule has 0 N–H and O–H groups in total. The van der Waals surface area contributed by atoms with Gasteiger partial charge in [-0.3, -0.25) is 9.69 Å². The molecule has 1 aliphatic heterocycles. The Morgan fingerprint density at radius 2 is 2.21 bits per heavy atom. The van der Waals surface area contributed by atoms with E-state index in [1.165, 1.54) is 6.33 Å². The molecule has 1 amide bonds. The first-order chi connectivity index (χ1) is 9.08. The van der Waals surface area contributed by atoms with E-state index in [4.69, 9.17) is 16.0 Å². The first-order valence-electron chi connectivity index (χ1n) is 6.06. The Labute approximate surface area is 115 Å². The van der Waals surface area contributed by atoms with Crippen LogP contribution in [0.15, 0.2) is 22.9 Å². The molecule has 3 rings (SSSR count). The third kappa shape index (κ3) is 1.92. The number of nitrogens with zero attached hydrogens (tertiary/aromatic N) is 4. The van der Waals surface area contributed by atoms with Crippen molar-refractivity contribution >= 4 is 23.5 Å². The van der Waals surface area contributed by atoms with Crippen LogP contribution in [0.1, 0.15) is 36.9 Å². The van der Waals surface area contributed by atoms with Gasteiger partial charge in [0.15, 0.2) is 11.0 Å². The number of halogens is 1. The van der Waals surface area contributed by atoms with Crippen molar-refractivity contribution in [3.63, 3.8) is 0 Å². The molecule has 0 aromatic carbocycles. The zero-order valence-corrected chi connectivity index (χ0v) is 11.3. The number of hydrogen-bond donors (Lipinski definition) is 0. The van der Waals surface area contributed by atoms with Crippen LogP contribution in [0.3, 0.4) is 0 Å². The molecule has 3 heterocycles. The Morgan fingerprint density at radius 1 is 1.42 bits per heavy atom. The van der Waals surface area contributed by atoms with Gasteiger partial charge in [0.25, 0.3) is 5.91 Å². The SMILES string of the molecule is C[C@@H]1C[C@H](C)n2ncnc2N1C(=O)c1ccc(Cl)o1. The lowest BCUT2D eigenvalue weighted by molar-refractivity contribution is 0.0938. The number of hydrogen-bond acceptors (Lipinski definition) is 4. The summed E-state index contributed by atoms with van der Waals surface area (Å²) in [6.45, 7) is 4.04. The van der Waals surface area contributed by atoms with Crippen LogP contribution >= 0.6 is 11.6 Å². The molecular formula is C12H13ClN4O2. The molecule has 2 atom stereocenters. The fourth-order valence-corrected chi connectivity index (χ4v) is 2.61. The Kier molecular flexibility index (Phi) is 2.82. The summed E-state index contributed by atoms with van der Waals surface area (Å²) < 4.78 is 6.93. The summed E-state index contributed by atoms with van der Waals surface area (Å²) in [6.07, 6.45) is 2.27. The molecule has 0 aliphatic carbocycles. The molecule has 2 aromatic rings. The Bertz CT molecular complexity index is 621. The van der Waals surface area contributed by atoms with Crippen molar-refractivity contribution < 1.29 is 9.21 Å². The van der Waals surface area contributed by atoms with E-state index in [1.54, 1.807) is 21.7 Å². The molecule has 0 spiro atoms. The monoisotopic (exact) mass is 280 g/mol. The average molecular weight is 281 g/mol. The quantitative estimate of drug-likeness (QED) is 0.805. The topological polar surface area (TPSA) is 64.2 Å². The number of anilines is 1. The van der Waals surface area contributed by atoms with Gasteiger partial charge in [-0.15, -0.1) is 0 Å². The zero-order valence-electron chi connectivity index (χ0n) is 10.6. The second-order valence-corrected chi connectivity index (χ2v) is 5.09. The second-order valence-electron chi connectivity index (χ2n) is 4.72. The molecular weight excluding hydrogens is 268 g/mol. The standard InChI is InChI=1S/C12H13ClN4O2/c1-7-5-8(2)17-12(14-6-15-17)16(7)11(18)9-3-4-10(13)19-9/h3-4,6-8H,5H2,1-2H3/t7-,8+/m1/s1. The van der Waals surface area contributed by atoms with E-state index < -0.39 is 0 Å². The second kappa shape index (κ2) is 4.38. The molecule has 0 saturated heterocycles. The summed E-state index contributed by atoms with van der Waals surface area (Å²) in [7, 11) is 0. The van der Waals surface area contributed by atoms with Crippen molar-refractivity contribution in [2.75, 3.05) is 4.90 Å². The molecule has 0 fully saturated rings. The summed E-state index contributed by atoms with van der Waals surface area (Å²) >= 11 is 5.71. The van der Waals surface area contributed by atoms with Crippen molar-refractivity contribution in [1.29, 1.82) is 0 Å². The maximum atomic E-state index is 12.5. The van der Waals surface area contributed by atoms with Gasteiger partial charge in [0, 0.05) is 6.04 Å². The molecule has 0 radical (unpaired) electrons. The maximum absolute atomic E-state index is 12.5. The van der Waals surface area contributed by atoms with E-state index in [1.807, 2.05) is 6.92 Å². The van der Waals surface area contributed by atoms with E-state index in [2.05, 4.69) is 17.0 Å². The molecule has 2 aromatic heterocycles. The number of furan rings is 1. The largest absolute Gasteiger partial charge is 0.440 e. The highest BCUT2D eigenvalue weighted by atomic mass is 35.5. The van der Waals surface area contributed by atoms with Gasteiger partial charge < -0.3 is 4.42 Å². The molecule has 7 heteroatoms. The zero-order chi connectivity index (χ0) is 13.6. The fraction of sp³-hybridized carbons (Fsp3) is 0.417. The van der Waals surface area contributed by atoms with E-state index in [-0.39, 0.29) is 29.0 Å². The van der Waals surface area contributed by atoms with Crippen LogP contribution in [-0.4, -0.2) is 26.7 Å².